The van der Waals surface area contributed by atoms with Crippen LogP contribution in [0, 0.1) is 0 Å². The Kier molecular flexibility index (Phi) is 3.66. The van der Waals surface area contributed by atoms with E-state index >= 15 is 0 Å². The first-order chi connectivity index (χ1) is 9.08. The summed E-state index contributed by atoms with van der Waals surface area (Å²) in [4.78, 5) is 30.8. The minimum atomic E-state index is -0.243. The third-order valence-corrected chi connectivity index (χ3v) is 2.53. The molecule has 0 aliphatic rings. The third-order valence-electron chi connectivity index (χ3n) is 2.53. The molecule has 2 aromatic rings. The molecule has 96 valence electrons. The van der Waals surface area contributed by atoms with Gasteiger partial charge in [-0.05, 0) is 12.1 Å². The molecule has 0 atom stereocenters. The van der Waals surface area contributed by atoms with Gasteiger partial charge in [-0.2, -0.15) is 0 Å². The summed E-state index contributed by atoms with van der Waals surface area (Å²) in [6, 6.07) is 5.42. The van der Waals surface area contributed by atoms with Crippen molar-refractivity contribution in [2.24, 2.45) is 0 Å². The smallest absolute Gasteiger partial charge is 0.221 e. The number of hydrogen-bond acceptors (Lipinski definition) is 4. The molecule has 0 unspecified atom stereocenters. The summed E-state index contributed by atoms with van der Waals surface area (Å²) in [5.74, 6) is -0.436. The molecule has 0 saturated heterocycles. The molecule has 1 amide bonds. The van der Waals surface area contributed by atoms with E-state index in [9.17, 15) is 9.59 Å². The van der Waals surface area contributed by atoms with Gasteiger partial charge in [-0.25, -0.2) is 0 Å². The van der Waals surface area contributed by atoms with Crippen LogP contribution in [0.1, 0.15) is 24.3 Å². The van der Waals surface area contributed by atoms with Gasteiger partial charge in [0.05, 0.1) is 5.69 Å². The SMILES string of the molecule is CC(=O)Nc1cc(-c2cccnc2)cnc1C(C)=O. The first-order valence-corrected chi connectivity index (χ1v) is 5.77. The summed E-state index contributed by atoms with van der Waals surface area (Å²) < 4.78 is 0. The molecule has 5 nitrogen and oxygen atoms in total. The van der Waals surface area contributed by atoms with Crippen molar-refractivity contribution < 1.29 is 9.59 Å². The number of pyridine rings is 2. The molecule has 2 rings (SSSR count). The van der Waals surface area contributed by atoms with E-state index in [1.807, 2.05) is 12.1 Å². The fourth-order valence-electron chi connectivity index (χ4n) is 1.72. The van der Waals surface area contributed by atoms with Gasteiger partial charge in [0.1, 0.15) is 5.69 Å². The highest BCUT2D eigenvalue weighted by Gasteiger charge is 2.12. The number of anilines is 1. The van der Waals surface area contributed by atoms with Crippen LogP contribution in [0.5, 0.6) is 0 Å². The van der Waals surface area contributed by atoms with Crippen LogP contribution in [0.3, 0.4) is 0 Å². The maximum atomic E-state index is 11.5. The zero-order valence-electron chi connectivity index (χ0n) is 10.7. The highest BCUT2D eigenvalue weighted by atomic mass is 16.1. The molecular weight excluding hydrogens is 242 g/mol. The molecule has 1 N–H and O–H groups in total. The normalized spacial score (nSPS) is 10.0. The highest BCUT2D eigenvalue weighted by Crippen LogP contribution is 2.23. The van der Waals surface area contributed by atoms with Crippen LogP contribution < -0.4 is 5.32 Å². The van der Waals surface area contributed by atoms with Crippen LogP contribution in [0.2, 0.25) is 0 Å². The quantitative estimate of drug-likeness (QED) is 0.854. The Morgan fingerprint density at radius 1 is 1.16 bits per heavy atom. The van der Waals surface area contributed by atoms with Crippen LogP contribution in [0.25, 0.3) is 11.1 Å². The van der Waals surface area contributed by atoms with Crippen molar-refractivity contribution in [3.8, 4) is 11.1 Å². The molecule has 0 aromatic carbocycles. The fraction of sp³-hybridized carbons (Fsp3) is 0.143. The average molecular weight is 255 g/mol. The maximum absolute atomic E-state index is 11.5. The third kappa shape index (κ3) is 3.01. The Balaban J connectivity index is 2.49. The molecule has 19 heavy (non-hydrogen) atoms. The van der Waals surface area contributed by atoms with Gasteiger partial charge in [-0.1, -0.05) is 6.07 Å². The number of aromatic nitrogens is 2. The fourth-order valence-corrected chi connectivity index (χ4v) is 1.72. The Bertz CT molecular complexity index is 624. The second kappa shape index (κ2) is 5.39. The lowest BCUT2D eigenvalue weighted by Gasteiger charge is -2.09. The lowest BCUT2D eigenvalue weighted by atomic mass is 10.1. The van der Waals surface area contributed by atoms with Gasteiger partial charge in [0, 0.05) is 43.6 Å². The number of carbonyl (C=O) groups excluding carboxylic acids is 2. The van der Waals surface area contributed by atoms with E-state index in [-0.39, 0.29) is 17.4 Å². The Morgan fingerprint density at radius 2 is 1.95 bits per heavy atom. The number of hydrogen-bond donors (Lipinski definition) is 1. The van der Waals surface area contributed by atoms with Crippen LogP contribution >= 0.6 is 0 Å². The number of ketones is 1. The number of nitrogens with one attached hydrogen (secondary N) is 1. The van der Waals surface area contributed by atoms with Crippen LogP contribution in [0.15, 0.2) is 36.8 Å². The first-order valence-electron chi connectivity index (χ1n) is 5.77. The summed E-state index contributed by atoms with van der Waals surface area (Å²) in [5.41, 5.74) is 2.34. The molecule has 2 heterocycles. The van der Waals surface area contributed by atoms with Gasteiger partial charge in [0.2, 0.25) is 5.91 Å². The first kappa shape index (κ1) is 12.9. The highest BCUT2D eigenvalue weighted by molar-refractivity contribution is 6.02. The average Bonchev–Trinajstić information content (AvgIpc) is 2.38. The van der Waals surface area contributed by atoms with Crippen molar-refractivity contribution >= 4 is 17.4 Å². The lowest BCUT2D eigenvalue weighted by Crippen LogP contribution is -2.11. The van der Waals surface area contributed by atoms with Gasteiger partial charge < -0.3 is 5.32 Å². The predicted molar refractivity (Wildman–Crippen MR) is 71.8 cm³/mol. The number of Topliss-reactive ketones (excluding diaryl/α,β-unsaturated/α-hetero) is 1. The minimum absolute atomic E-state index is 0.193. The zero-order chi connectivity index (χ0) is 13.8. The summed E-state index contributed by atoms with van der Waals surface area (Å²) in [5, 5.41) is 2.62. The Hall–Kier alpha value is -2.56. The molecule has 0 aliphatic heterocycles. The van der Waals surface area contributed by atoms with Gasteiger partial charge >= 0.3 is 0 Å². The van der Waals surface area contributed by atoms with Crippen molar-refractivity contribution in [2.45, 2.75) is 13.8 Å². The molecule has 2 aromatic heterocycles. The summed E-state index contributed by atoms with van der Waals surface area (Å²) in [6.07, 6.45) is 4.97. The van der Waals surface area contributed by atoms with Gasteiger partial charge in [-0.3, -0.25) is 19.6 Å². The molecule has 5 heteroatoms. The molecule has 0 aliphatic carbocycles. The summed E-state index contributed by atoms with van der Waals surface area (Å²) in [7, 11) is 0. The van der Waals surface area contributed by atoms with Gasteiger partial charge in [0.25, 0.3) is 0 Å². The molecule has 0 bridgehead atoms. The number of amides is 1. The Labute approximate surface area is 110 Å². The monoisotopic (exact) mass is 255 g/mol. The van der Waals surface area contributed by atoms with E-state index in [0.29, 0.717) is 5.69 Å². The summed E-state index contributed by atoms with van der Waals surface area (Å²) >= 11 is 0. The number of rotatable bonds is 3. The summed E-state index contributed by atoms with van der Waals surface area (Å²) in [6.45, 7) is 2.80. The number of nitrogens with zero attached hydrogens (tertiary/aromatic N) is 2. The molecule has 0 spiro atoms. The number of carbonyl (C=O) groups is 2. The molecule has 0 saturated carbocycles. The van der Waals surface area contributed by atoms with E-state index in [0.717, 1.165) is 11.1 Å². The minimum Gasteiger partial charge on any atom is -0.324 e. The van der Waals surface area contributed by atoms with E-state index < -0.39 is 0 Å². The maximum Gasteiger partial charge on any atom is 0.221 e. The van der Waals surface area contributed by atoms with Crippen molar-refractivity contribution in [1.29, 1.82) is 0 Å². The van der Waals surface area contributed by atoms with E-state index in [1.165, 1.54) is 13.8 Å². The Morgan fingerprint density at radius 3 is 2.53 bits per heavy atom. The topological polar surface area (TPSA) is 72.0 Å². The largest absolute Gasteiger partial charge is 0.324 e. The van der Waals surface area contributed by atoms with E-state index in [1.54, 1.807) is 24.7 Å². The van der Waals surface area contributed by atoms with Crippen molar-refractivity contribution in [3.63, 3.8) is 0 Å². The lowest BCUT2D eigenvalue weighted by molar-refractivity contribution is -0.114. The second-order valence-electron chi connectivity index (χ2n) is 4.10. The molecule has 0 radical (unpaired) electrons. The van der Waals surface area contributed by atoms with E-state index in [4.69, 9.17) is 0 Å². The van der Waals surface area contributed by atoms with Gasteiger partial charge in [-0.15, -0.1) is 0 Å². The van der Waals surface area contributed by atoms with Crippen LogP contribution in [-0.4, -0.2) is 21.7 Å². The van der Waals surface area contributed by atoms with E-state index in [2.05, 4.69) is 15.3 Å². The zero-order valence-corrected chi connectivity index (χ0v) is 10.7. The van der Waals surface area contributed by atoms with Gasteiger partial charge in [0.15, 0.2) is 5.78 Å². The van der Waals surface area contributed by atoms with Crippen LogP contribution in [-0.2, 0) is 4.79 Å². The van der Waals surface area contributed by atoms with Crippen molar-refractivity contribution in [1.82, 2.24) is 9.97 Å². The molecular formula is C14H13N3O2. The molecule has 0 fully saturated rings. The van der Waals surface area contributed by atoms with Crippen LogP contribution in [0.4, 0.5) is 5.69 Å². The standard InChI is InChI=1S/C14H13N3O2/c1-9(18)14-13(17-10(2)19)6-12(8-16-14)11-4-3-5-15-7-11/h3-8H,1-2H3,(H,17,19). The second-order valence-corrected chi connectivity index (χ2v) is 4.10. The predicted octanol–water partition coefficient (Wildman–Crippen LogP) is 2.30. The van der Waals surface area contributed by atoms with Crippen molar-refractivity contribution in [3.05, 3.63) is 42.5 Å². The van der Waals surface area contributed by atoms with Crippen molar-refractivity contribution in [2.75, 3.05) is 5.32 Å².